The highest BCUT2D eigenvalue weighted by molar-refractivity contribution is 5.74. The number of fused-ring (bicyclic) bond motifs is 1. The van der Waals surface area contributed by atoms with Gasteiger partial charge in [-0.05, 0) is 35.2 Å². The van der Waals surface area contributed by atoms with Crippen LogP contribution in [0.25, 0.3) is 0 Å². The van der Waals surface area contributed by atoms with Crippen LogP contribution in [0.5, 0.6) is 5.75 Å². The molecule has 0 saturated heterocycles. The number of nitrogens with zero attached hydrogens (tertiary/aromatic N) is 1. The molecule has 0 saturated carbocycles. The second kappa shape index (κ2) is 5.58. The second-order valence-corrected chi connectivity index (χ2v) is 5.40. The Morgan fingerprint density at radius 1 is 1.14 bits per heavy atom. The predicted octanol–water partition coefficient (Wildman–Crippen LogP) is 2.40. The van der Waals surface area contributed by atoms with E-state index < -0.39 is 12.0 Å². The van der Waals surface area contributed by atoms with Gasteiger partial charge in [-0.2, -0.15) is 0 Å². The van der Waals surface area contributed by atoms with Gasteiger partial charge in [-0.1, -0.05) is 36.4 Å². The minimum Gasteiger partial charge on any atom is -0.508 e. The molecule has 0 amide bonds. The Labute approximate surface area is 123 Å². The van der Waals surface area contributed by atoms with Gasteiger partial charge in [0.1, 0.15) is 11.8 Å². The van der Waals surface area contributed by atoms with Crippen LogP contribution in [0.3, 0.4) is 0 Å². The maximum atomic E-state index is 11.5. The van der Waals surface area contributed by atoms with E-state index in [0.29, 0.717) is 19.5 Å². The van der Waals surface area contributed by atoms with Crippen molar-refractivity contribution in [3.63, 3.8) is 0 Å². The lowest BCUT2D eigenvalue weighted by molar-refractivity contribution is -0.144. The number of aromatic hydroxyl groups is 1. The van der Waals surface area contributed by atoms with E-state index >= 15 is 0 Å². The van der Waals surface area contributed by atoms with Crippen LogP contribution in [0.1, 0.15) is 16.7 Å². The van der Waals surface area contributed by atoms with Gasteiger partial charge in [-0.25, -0.2) is 0 Å². The summed E-state index contributed by atoms with van der Waals surface area (Å²) in [6.07, 6.45) is 0.518. The van der Waals surface area contributed by atoms with Gasteiger partial charge in [-0.3, -0.25) is 9.69 Å². The topological polar surface area (TPSA) is 60.8 Å². The third kappa shape index (κ3) is 2.90. The highest BCUT2D eigenvalue weighted by atomic mass is 16.4. The number of hydrogen-bond donors (Lipinski definition) is 2. The van der Waals surface area contributed by atoms with E-state index in [0.717, 1.165) is 11.1 Å². The molecule has 2 aromatic carbocycles. The lowest BCUT2D eigenvalue weighted by Gasteiger charge is -2.34. The molecule has 0 bridgehead atoms. The van der Waals surface area contributed by atoms with E-state index in [1.165, 1.54) is 5.56 Å². The predicted molar refractivity (Wildman–Crippen MR) is 78.9 cm³/mol. The number of rotatable bonds is 3. The lowest BCUT2D eigenvalue weighted by Crippen LogP contribution is -2.44. The summed E-state index contributed by atoms with van der Waals surface area (Å²) in [5.74, 6) is -0.596. The summed E-state index contributed by atoms with van der Waals surface area (Å²) >= 11 is 0. The Balaban J connectivity index is 1.87. The Kier molecular flexibility index (Phi) is 3.62. The summed E-state index contributed by atoms with van der Waals surface area (Å²) in [4.78, 5) is 13.5. The number of phenols is 1. The van der Waals surface area contributed by atoms with Crippen molar-refractivity contribution in [3.05, 3.63) is 65.2 Å². The molecule has 0 radical (unpaired) electrons. The lowest BCUT2D eigenvalue weighted by atomic mass is 9.93. The standard InChI is InChI=1S/C17H17NO3/c19-15-7-3-4-12(8-15)10-18-11-14-6-2-1-5-13(14)9-16(18)17(20)21/h1-8,16,19H,9-11H2,(H,20,21)/t16-/m0/s1. The van der Waals surface area contributed by atoms with Gasteiger partial charge in [0, 0.05) is 13.1 Å². The van der Waals surface area contributed by atoms with Crippen LogP contribution in [0.4, 0.5) is 0 Å². The monoisotopic (exact) mass is 283 g/mol. The molecule has 0 aromatic heterocycles. The summed E-state index contributed by atoms with van der Waals surface area (Å²) in [5.41, 5.74) is 3.20. The number of aliphatic carboxylic acids is 1. The van der Waals surface area contributed by atoms with Gasteiger partial charge in [0.15, 0.2) is 0 Å². The number of benzene rings is 2. The molecular weight excluding hydrogens is 266 g/mol. The summed E-state index contributed by atoms with van der Waals surface area (Å²) in [5, 5.41) is 19.0. The first-order chi connectivity index (χ1) is 10.1. The van der Waals surface area contributed by atoms with Crippen LogP contribution >= 0.6 is 0 Å². The largest absolute Gasteiger partial charge is 0.508 e. The van der Waals surface area contributed by atoms with Gasteiger partial charge in [0.05, 0.1) is 0 Å². The van der Waals surface area contributed by atoms with Crippen molar-refractivity contribution in [1.82, 2.24) is 4.90 Å². The summed E-state index contributed by atoms with van der Waals surface area (Å²) in [7, 11) is 0. The number of carboxylic acid groups (broad SMARTS) is 1. The SMILES string of the molecule is O=C(O)[C@@H]1Cc2ccccc2CN1Cc1cccc(O)c1. The Morgan fingerprint density at radius 3 is 2.62 bits per heavy atom. The van der Waals surface area contributed by atoms with Crippen LogP contribution in [0.15, 0.2) is 48.5 Å². The second-order valence-electron chi connectivity index (χ2n) is 5.40. The van der Waals surface area contributed by atoms with Crippen molar-refractivity contribution in [2.75, 3.05) is 0 Å². The van der Waals surface area contributed by atoms with Crippen molar-refractivity contribution in [3.8, 4) is 5.75 Å². The van der Waals surface area contributed by atoms with Crippen molar-refractivity contribution in [2.45, 2.75) is 25.6 Å². The summed E-state index contributed by atoms with van der Waals surface area (Å²) in [6.45, 7) is 1.13. The van der Waals surface area contributed by atoms with Crippen LogP contribution in [0, 0.1) is 0 Å². The molecular formula is C17H17NO3. The molecule has 1 aliphatic rings. The zero-order valence-electron chi connectivity index (χ0n) is 11.6. The maximum Gasteiger partial charge on any atom is 0.321 e. The fourth-order valence-electron chi connectivity index (χ4n) is 2.88. The molecule has 2 aromatic rings. The van der Waals surface area contributed by atoms with Crippen LogP contribution < -0.4 is 0 Å². The molecule has 108 valence electrons. The average molecular weight is 283 g/mol. The van der Waals surface area contributed by atoms with Gasteiger partial charge in [-0.15, -0.1) is 0 Å². The van der Waals surface area contributed by atoms with E-state index in [1.54, 1.807) is 18.2 Å². The molecule has 0 unspecified atom stereocenters. The molecule has 0 fully saturated rings. The van der Waals surface area contributed by atoms with Gasteiger partial charge in [0.25, 0.3) is 0 Å². The fourth-order valence-corrected chi connectivity index (χ4v) is 2.88. The Hall–Kier alpha value is -2.33. The van der Waals surface area contributed by atoms with Gasteiger partial charge < -0.3 is 10.2 Å². The van der Waals surface area contributed by atoms with Crippen molar-refractivity contribution in [2.24, 2.45) is 0 Å². The maximum absolute atomic E-state index is 11.5. The molecule has 2 N–H and O–H groups in total. The number of carboxylic acids is 1. The quantitative estimate of drug-likeness (QED) is 0.908. The van der Waals surface area contributed by atoms with E-state index in [9.17, 15) is 15.0 Å². The average Bonchev–Trinajstić information content (AvgIpc) is 2.46. The van der Waals surface area contributed by atoms with Crippen molar-refractivity contribution >= 4 is 5.97 Å². The smallest absolute Gasteiger partial charge is 0.321 e. The molecule has 1 heterocycles. The number of phenolic OH excluding ortho intramolecular Hbond substituents is 1. The molecule has 0 spiro atoms. The van der Waals surface area contributed by atoms with E-state index in [-0.39, 0.29) is 5.75 Å². The zero-order chi connectivity index (χ0) is 14.8. The van der Waals surface area contributed by atoms with Crippen LogP contribution in [-0.4, -0.2) is 27.1 Å². The van der Waals surface area contributed by atoms with Gasteiger partial charge >= 0.3 is 5.97 Å². The highest BCUT2D eigenvalue weighted by Gasteiger charge is 2.31. The molecule has 1 aliphatic heterocycles. The third-order valence-corrected chi connectivity index (χ3v) is 3.93. The Bertz CT molecular complexity index is 669. The molecule has 4 heteroatoms. The number of carbonyl (C=O) groups is 1. The Morgan fingerprint density at radius 2 is 1.90 bits per heavy atom. The normalized spacial score (nSPS) is 18.2. The minimum atomic E-state index is -0.801. The fraction of sp³-hybridized carbons (Fsp3) is 0.235. The van der Waals surface area contributed by atoms with Crippen molar-refractivity contribution in [1.29, 1.82) is 0 Å². The summed E-state index contributed by atoms with van der Waals surface area (Å²) in [6, 6.07) is 14.4. The number of hydrogen-bond acceptors (Lipinski definition) is 3. The first-order valence-corrected chi connectivity index (χ1v) is 6.95. The molecule has 0 aliphatic carbocycles. The molecule has 21 heavy (non-hydrogen) atoms. The van der Waals surface area contributed by atoms with Crippen molar-refractivity contribution < 1.29 is 15.0 Å². The first kappa shape index (κ1) is 13.6. The van der Waals surface area contributed by atoms with Gasteiger partial charge in [0.2, 0.25) is 0 Å². The molecule has 3 rings (SSSR count). The summed E-state index contributed by atoms with van der Waals surface area (Å²) < 4.78 is 0. The van der Waals surface area contributed by atoms with Crippen LogP contribution in [-0.2, 0) is 24.3 Å². The van der Waals surface area contributed by atoms with E-state index in [1.807, 2.05) is 35.2 Å². The first-order valence-electron chi connectivity index (χ1n) is 6.95. The highest BCUT2D eigenvalue weighted by Crippen LogP contribution is 2.25. The van der Waals surface area contributed by atoms with E-state index in [2.05, 4.69) is 0 Å². The molecule has 4 nitrogen and oxygen atoms in total. The molecule has 1 atom stereocenters. The third-order valence-electron chi connectivity index (χ3n) is 3.93. The van der Waals surface area contributed by atoms with Crippen LogP contribution in [0.2, 0.25) is 0 Å². The van der Waals surface area contributed by atoms with E-state index in [4.69, 9.17) is 0 Å². The zero-order valence-corrected chi connectivity index (χ0v) is 11.6. The minimum absolute atomic E-state index is 0.205.